The molecule has 10 heteroatoms. The lowest BCUT2D eigenvalue weighted by atomic mass is 10.2. The number of ketones is 1. The highest BCUT2D eigenvalue weighted by atomic mass is 16.5. The molecule has 1 unspecified atom stereocenters. The molecular formula is C20H30N6O4. The second-order valence-corrected chi connectivity index (χ2v) is 7.33. The van der Waals surface area contributed by atoms with Crippen LogP contribution in [0.3, 0.4) is 0 Å². The van der Waals surface area contributed by atoms with Gasteiger partial charge in [0, 0.05) is 32.4 Å². The van der Waals surface area contributed by atoms with E-state index < -0.39 is 0 Å². The first-order valence-electron chi connectivity index (χ1n) is 10.5. The van der Waals surface area contributed by atoms with Crippen LogP contribution in [0.25, 0.3) is 0 Å². The van der Waals surface area contributed by atoms with Crippen molar-refractivity contribution in [3.63, 3.8) is 0 Å². The summed E-state index contributed by atoms with van der Waals surface area (Å²) in [6.07, 6.45) is 4.38. The second-order valence-electron chi connectivity index (χ2n) is 7.33. The highest BCUT2D eigenvalue weighted by molar-refractivity contribution is 5.98. The summed E-state index contributed by atoms with van der Waals surface area (Å²) >= 11 is 0. The fraction of sp³-hybridized carbons (Fsp3) is 0.600. The molecule has 1 atom stereocenters. The van der Waals surface area contributed by atoms with Crippen molar-refractivity contribution in [1.82, 2.24) is 31.0 Å². The Labute approximate surface area is 176 Å². The largest absolute Gasteiger partial charge is 0.361 e. The van der Waals surface area contributed by atoms with Gasteiger partial charge in [0.15, 0.2) is 5.78 Å². The molecule has 3 N–H and O–H groups in total. The number of rotatable bonds is 9. The molecular weight excluding hydrogens is 388 g/mol. The van der Waals surface area contributed by atoms with Gasteiger partial charge in [0.05, 0.1) is 19.7 Å². The van der Waals surface area contributed by atoms with Crippen LogP contribution in [0, 0.1) is 0 Å². The monoisotopic (exact) mass is 418 g/mol. The van der Waals surface area contributed by atoms with Crippen molar-refractivity contribution < 1.29 is 19.1 Å². The maximum absolute atomic E-state index is 12.9. The van der Waals surface area contributed by atoms with Crippen molar-refractivity contribution in [1.29, 1.82) is 0 Å². The summed E-state index contributed by atoms with van der Waals surface area (Å²) < 4.78 is 5.56. The summed E-state index contributed by atoms with van der Waals surface area (Å²) in [5.74, 6) is -0.852. The van der Waals surface area contributed by atoms with Gasteiger partial charge in [-0.1, -0.05) is 12.5 Å². The number of aromatic nitrogens is 1. The van der Waals surface area contributed by atoms with Gasteiger partial charge in [0.2, 0.25) is 5.91 Å². The molecule has 10 nitrogen and oxygen atoms in total. The minimum absolute atomic E-state index is 0.0724. The van der Waals surface area contributed by atoms with Crippen LogP contribution in [-0.4, -0.2) is 91.2 Å². The molecule has 2 fully saturated rings. The number of nitrogens with zero attached hydrogens (tertiary/aromatic N) is 3. The second kappa shape index (κ2) is 11.7. The zero-order valence-corrected chi connectivity index (χ0v) is 17.1. The molecule has 2 aliphatic rings. The van der Waals surface area contributed by atoms with E-state index in [1.54, 1.807) is 18.2 Å². The first-order valence-corrected chi connectivity index (χ1v) is 10.5. The Bertz CT molecular complexity index is 705. The lowest BCUT2D eigenvalue weighted by Crippen LogP contribution is -2.56. The third-order valence-corrected chi connectivity index (χ3v) is 5.06. The Balaban J connectivity index is 1.52. The van der Waals surface area contributed by atoms with E-state index in [9.17, 15) is 14.4 Å². The fourth-order valence-corrected chi connectivity index (χ4v) is 3.44. The number of hydrazine groups is 1. The first kappa shape index (κ1) is 22.3. The van der Waals surface area contributed by atoms with Gasteiger partial charge in [0.25, 0.3) is 5.91 Å². The molecule has 0 saturated carbocycles. The Morgan fingerprint density at radius 3 is 2.73 bits per heavy atom. The number of ether oxygens (including phenoxy) is 1. The molecule has 1 aromatic heterocycles. The summed E-state index contributed by atoms with van der Waals surface area (Å²) in [4.78, 5) is 41.5. The maximum atomic E-state index is 12.9. The quantitative estimate of drug-likeness (QED) is 0.444. The molecule has 3 rings (SSSR count). The van der Waals surface area contributed by atoms with Crippen LogP contribution < -0.4 is 16.0 Å². The van der Waals surface area contributed by atoms with Gasteiger partial charge in [-0.3, -0.25) is 29.7 Å². The molecule has 30 heavy (non-hydrogen) atoms. The summed E-state index contributed by atoms with van der Waals surface area (Å²) in [7, 11) is 0. The Kier molecular flexibility index (Phi) is 8.69. The summed E-state index contributed by atoms with van der Waals surface area (Å²) in [5, 5.41) is 12.3. The molecule has 2 aliphatic heterocycles. The fourth-order valence-electron chi connectivity index (χ4n) is 3.44. The van der Waals surface area contributed by atoms with Crippen LogP contribution in [0.15, 0.2) is 24.4 Å². The van der Waals surface area contributed by atoms with Gasteiger partial charge in [-0.25, -0.2) is 5.01 Å². The number of Topliss-reactive ketones (excluding diaryl/α,β-unsaturated/α-hetero) is 1. The van der Waals surface area contributed by atoms with Crippen molar-refractivity contribution in [2.75, 3.05) is 52.4 Å². The molecule has 164 valence electrons. The number of carbonyl (C=O) groups excluding carboxylic acids is 3. The van der Waals surface area contributed by atoms with Gasteiger partial charge < -0.3 is 15.4 Å². The summed E-state index contributed by atoms with van der Waals surface area (Å²) in [6.45, 7) is 3.27. The van der Waals surface area contributed by atoms with Crippen molar-refractivity contribution in [3.05, 3.63) is 30.1 Å². The molecule has 2 saturated heterocycles. The summed E-state index contributed by atoms with van der Waals surface area (Å²) in [6, 6.07) is 5.04. The Morgan fingerprint density at radius 2 is 2.03 bits per heavy atom. The third-order valence-electron chi connectivity index (χ3n) is 5.06. The van der Waals surface area contributed by atoms with Crippen molar-refractivity contribution in [2.45, 2.75) is 25.5 Å². The number of morpholine rings is 1. The number of carbonyl (C=O) groups is 3. The van der Waals surface area contributed by atoms with E-state index >= 15 is 0 Å². The van der Waals surface area contributed by atoms with Crippen LogP contribution in [0.2, 0.25) is 0 Å². The molecule has 0 spiro atoms. The van der Waals surface area contributed by atoms with Crippen molar-refractivity contribution in [3.8, 4) is 0 Å². The van der Waals surface area contributed by atoms with E-state index in [0.717, 1.165) is 38.9 Å². The highest BCUT2D eigenvalue weighted by Gasteiger charge is 2.26. The molecule has 0 radical (unpaired) electrons. The molecule has 0 aromatic carbocycles. The summed E-state index contributed by atoms with van der Waals surface area (Å²) in [5.41, 5.74) is 0.298. The smallest absolute Gasteiger partial charge is 0.251 e. The number of nitrogens with one attached hydrogen (secondary N) is 3. The maximum Gasteiger partial charge on any atom is 0.251 e. The minimum Gasteiger partial charge on any atom is -0.361 e. The van der Waals surface area contributed by atoms with E-state index in [1.807, 2.05) is 5.01 Å². The molecule has 3 heterocycles. The van der Waals surface area contributed by atoms with Crippen molar-refractivity contribution >= 4 is 17.6 Å². The molecule has 1 aromatic rings. The molecule has 0 bridgehead atoms. The third kappa shape index (κ3) is 6.84. The van der Waals surface area contributed by atoms with E-state index in [2.05, 4.69) is 20.9 Å². The van der Waals surface area contributed by atoms with Crippen LogP contribution in [0.4, 0.5) is 0 Å². The zero-order valence-electron chi connectivity index (χ0n) is 17.1. The Morgan fingerprint density at radius 1 is 1.20 bits per heavy atom. The van der Waals surface area contributed by atoms with Crippen molar-refractivity contribution in [2.24, 2.45) is 0 Å². The lowest BCUT2D eigenvalue weighted by molar-refractivity contribution is -0.155. The van der Waals surface area contributed by atoms with Gasteiger partial charge in [0.1, 0.15) is 18.5 Å². The number of pyridine rings is 1. The first-order chi connectivity index (χ1) is 14.6. The molecule has 0 aliphatic carbocycles. The van der Waals surface area contributed by atoms with Gasteiger partial charge >= 0.3 is 0 Å². The van der Waals surface area contributed by atoms with Crippen LogP contribution in [0.5, 0.6) is 0 Å². The van der Waals surface area contributed by atoms with Gasteiger partial charge in [-0.15, -0.1) is 0 Å². The van der Waals surface area contributed by atoms with E-state index in [0.29, 0.717) is 18.8 Å². The SMILES string of the molecule is O=C(CN(C(=O)CNC1CNCCO1)N1CCCCC1)NCC(=O)c1ccccn1. The van der Waals surface area contributed by atoms with E-state index in [-0.39, 0.29) is 43.5 Å². The van der Waals surface area contributed by atoms with Gasteiger partial charge in [-0.2, -0.15) is 0 Å². The predicted octanol–water partition coefficient (Wildman–Crippen LogP) is -0.854. The standard InChI is InChI=1S/C20H30N6O4/c27-17(16-6-2-3-7-22-16)12-23-18(28)15-26(25-9-4-1-5-10-25)20(29)14-24-19-13-21-8-11-30-19/h2-3,6-7,19,21,24H,1,4-5,8-15H2,(H,23,28). The minimum atomic E-state index is -0.381. The number of amides is 2. The lowest BCUT2D eigenvalue weighted by Gasteiger charge is -2.37. The average molecular weight is 418 g/mol. The number of hydrogen-bond donors (Lipinski definition) is 3. The number of piperidine rings is 1. The van der Waals surface area contributed by atoms with Crippen LogP contribution >= 0.6 is 0 Å². The topological polar surface area (TPSA) is 116 Å². The zero-order chi connectivity index (χ0) is 21.2. The van der Waals surface area contributed by atoms with Crippen LogP contribution in [-0.2, 0) is 14.3 Å². The van der Waals surface area contributed by atoms with E-state index in [4.69, 9.17) is 4.74 Å². The average Bonchev–Trinajstić information content (AvgIpc) is 2.81. The Hall–Kier alpha value is -2.40. The van der Waals surface area contributed by atoms with E-state index in [1.165, 1.54) is 11.2 Å². The molecule has 2 amide bonds. The number of hydrogen-bond acceptors (Lipinski definition) is 8. The van der Waals surface area contributed by atoms with Gasteiger partial charge in [-0.05, 0) is 25.0 Å². The predicted molar refractivity (Wildman–Crippen MR) is 109 cm³/mol. The highest BCUT2D eigenvalue weighted by Crippen LogP contribution is 2.12. The normalized spacial score (nSPS) is 19.8. The van der Waals surface area contributed by atoms with Crippen LogP contribution in [0.1, 0.15) is 29.8 Å².